The van der Waals surface area contributed by atoms with Gasteiger partial charge < -0.3 is 5.32 Å². The minimum Gasteiger partial charge on any atom is -0.314 e. The zero-order chi connectivity index (χ0) is 12.4. The van der Waals surface area contributed by atoms with Crippen molar-refractivity contribution in [2.45, 2.75) is 25.9 Å². The largest absolute Gasteiger partial charge is 0.314 e. The summed E-state index contributed by atoms with van der Waals surface area (Å²) in [6.07, 6.45) is 1.06. The first-order chi connectivity index (χ1) is 8.85. The normalized spacial score (nSPS) is 23.2. The highest BCUT2D eigenvalue weighted by Crippen LogP contribution is 2.19. The van der Waals surface area contributed by atoms with E-state index in [9.17, 15) is 0 Å². The first-order valence-electron chi connectivity index (χ1n) is 6.95. The third-order valence-electron chi connectivity index (χ3n) is 3.89. The molecule has 0 aliphatic carbocycles. The van der Waals surface area contributed by atoms with Crippen molar-refractivity contribution in [3.05, 3.63) is 16.1 Å². The summed E-state index contributed by atoms with van der Waals surface area (Å²) in [5, 5.41) is 6.90. The molecule has 2 aliphatic heterocycles. The van der Waals surface area contributed by atoms with Gasteiger partial charge in [0.15, 0.2) is 0 Å². The first kappa shape index (κ1) is 12.5. The van der Waals surface area contributed by atoms with Crippen molar-refractivity contribution in [1.82, 2.24) is 20.1 Å². The topological polar surface area (TPSA) is 31.4 Å². The molecule has 4 nitrogen and oxygen atoms in total. The molecule has 1 aromatic heterocycles. The number of aryl methyl sites for hydroxylation is 1. The summed E-state index contributed by atoms with van der Waals surface area (Å²) in [6, 6.07) is 0.788. The van der Waals surface area contributed by atoms with Gasteiger partial charge >= 0.3 is 0 Å². The van der Waals surface area contributed by atoms with Crippen LogP contribution in [0.5, 0.6) is 0 Å². The van der Waals surface area contributed by atoms with E-state index in [1.54, 1.807) is 11.3 Å². The van der Waals surface area contributed by atoms with Crippen molar-refractivity contribution in [3.63, 3.8) is 0 Å². The molecule has 5 heteroatoms. The smallest absolute Gasteiger partial charge is 0.0926 e. The van der Waals surface area contributed by atoms with E-state index in [4.69, 9.17) is 0 Å². The molecule has 2 saturated heterocycles. The van der Waals surface area contributed by atoms with Crippen molar-refractivity contribution < 1.29 is 0 Å². The van der Waals surface area contributed by atoms with Gasteiger partial charge in [0.25, 0.3) is 0 Å². The van der Waals surface area contributed by atoms with E-state index in [2.05, 4.69) is 32.4 Å². The predicted octanol–water partition coefficient (Wildman–Crippen LogP) is 0.795. The van der Waals surface area contributed by atoms with Crippen molar-refractivity contribution in [2.75, 3.05) is 39.3 Å². The first-order valence-corrected chi connectivity index (χ1v) is 7.83. The van der Waals surface area contributed by atoms with Crippen LogP contribution in [-0.2, 0) is 13.0 Å². The fourth-order valence-corrected chi connectivity index (χ4v) is 3.50. The van der Waals surface area contributed by atoms with Gasteiger partial charge in [-0.3, -0.25) is 9.80 Å². The number of thiazole rings is 1. The molecule has 3 rings (SSSR count). The molecule has 100 valence electrons. The number of nitrogens with one attached hydrogen (secondary N) is 1. The SMILES string of the molecule is CCc1nc(CN2CC(N3CCNCC3)C2)cs1. The fourth-order valence-electron chi connectivity index (χ4n) is 2.76. The minimum atomic E-state index is 0.788. The van der Waals surface area contributed by atoms with Gasteiger partial charge in [-0.25, -0.2) is 4.98 Å². The van der Waals surface area contributed by atoms with Crippen molar-refractivity contribution in [3.8, 4) is 0 Å². The van der Waals surface area contributed by atoms with Crippen LogP contribution in [0.15, 0.2) is 5.38 Å². The van der Waals surface area contributed by atoms with Crippen molar-refractivity contribution in [2.24, 2.45) is 0 Å². The highest BCUT2D eigenvalue weighted by molar-refractivity contribution is 7.09. The lowest BCUT2D eigenvalue weighted by atomic mass is 10.1. The Morgan fingerprint density at radius 2 is 2.17 bits per heavy atom. The van der Waals surface area contributed by atoms with Gasteiger partial charge in [0, 0.05) is 57.2 Å². The van der Waals surface area contributed by atoms with Crippen LogP contribution in [0.4, 0.5) is 0 Å². The Kier molecular flexibility index (Phi) is 3.94. The second-order valence-electron chi connectivity index (χ2n) is 5.22. The van der Waals surface area contributed by atoms with E-state index in [1.165, 1.54) is 36.9 Å². The van der Waals surface area contributed by atoms with Gasteiger partial charge in [-0.2, -0.15) is 0 Å². The van der Waals surface area contributed by atoms with Gasteiger partial charge in [0.2, 0.25) is 0 Å². The highest BCUT2D eigenvalue weighted by atomic mass is 32.1. The molecule has 0 bridgehead atoms. The molecular formula is C13H22N4S. The molecule has 3 heterocycles. The number of piperazine rings is 1. The maximum atomic E-state index is 4.64. The van der Waals surface area contributed by atoms with E-state index in [-0.39, 0.29) is 0 Å². The van der Waals surface area contributed by atoms with E-state index < -0.39 is 0 Å². The van der Waals surface area contributed by atoms with Crippen LogP contribution in [0.3, 0.4) is 0 Å². The zero-order valence-electron chi connectivity index (χ0n) is 11.1. The van der Waals surface area contributed by atoms with Gasteiger partial charge in [0.1, 0.15) is 0 Å². The Balaban J connectivity index is 1.44. The van der Waals surface area contributed by atoms with Crippen LogP contribution < -0.4 is 5.32 Å². The number of aromatic nitrogens is 1. The molecule has 0 aromatic carbocycles. The van der Waals surface area contributed by atoms with E-state index in [0.717, 1.165) is 32.1 Å². The fraction of sp³-hybridized carbons (Fsp3) is 0.769. The summed E-state index contributed by atoms with van der Waals surface area (Å²) in [4.78, 5) is 9.79. The Morgan fingerprint density at radius 3 is 2.83 bits per heavy atom. The monoisotopic (exact) mass is 266 g/mol. The van der Waals surface area contributed by atoms with E-state index in [0.29, 0.717) is 0 Å². The summed E-state index contributed by atoms with van der Waals surface area (Å²) in [6.45, 7) is 10.4. The van der Waals surface area contributed by atoms with Crippen molar-refractivity contribution in [1.29, 1.82) is 0 Å². The third-order valence-corrected chi connectivity index (χ3v) is 4.94. The number of likely N-dealkylation sites (tertiary alicyclic amines) is 1. The molecule has 0 atom stereocenters. The average Bonchev–Trinajstić information content (AvgIpc) is 2.82. The lowest BCUT2D eigenvalue weighted by molar-refractivity contribution is 0.0217. The molecule has 2 aliphatic rings. The number of rotatable bonds is 4. The molecule has 1 aromatic rings. The molecule has 2 fully saturated rings. The summed E-state index contributed by atoms with van der Waals surface area (Å²) in [7, 11) is 0. The van der Waals surface area contributed by atoms with Crippen LogP contribution in [0.25, 0.3) is 0 Å². The highest BCUT2D eigenvalue weighted by Gasteiger charge is 2.32. The summed E-state index contributed by atoms with van der Waals surface area (Å²) < 4.78 is 0. The van der Waals surface area contributed by atoms with Crippen LogP contribution in [0, 0.1) is 0 Å². The van der Waals surface area contributed by atoms with Crippen molar-refractivity contribution >= 4 is 11.3 Å². The maximum absolute atomic E-state index is 4.64. The Bertz CT molecular complexity index is 380. The number of nitrogens with zero attached hydrogens (tertiary/aromatic N) is 3. The molecule has 0 saturated carbocycles. The summed E-state index contributed by atoms with van der Waals surface area (Å²) in [5.74, 6) is 0. The second kappa shape index (κ2) is 5.65. The van der Waals surface area contributed by atoms with Crippen LogP contribution in [0.1, 0.15) is 17.6 Å². The van der Waals surface area contributed by atoms with E-state index >= 15 is 0 Å². The third kappa shape index (κ3) is 2.74. The lowest BCUT2D eigenvalue weighted by Gasteiger charge is -2.46. The zero-order valence-corrected chi connectivity index (χ0v) is 11.9. The van der Waals surface area contributed by atoms with Crippen LogP contribution in [0.2, 0.25) is 0 Å². The lowest BCUT2D eigenvalue weighted by Crippen LogP contribution is -2.62. The van der Waals surface area contributed by atoms with Gasteiger partial charge in [-0.1, -0.05) is 6.92 Å². The number of hydrogen-bond acceptors (Lipinski definition) is 5. The Hall–Kier alpha value is -0.490. The molecule has 0 radical (unpaired) electrons. The second-order valence-corrected chi connectivity index (χ2v) is 6.16. The van der Waals surface area contributed by atoms with E-state index in [1.807, 2.05) is 0 Å². The van der Waals surface area contributed by atoms with Crippen LogP contribution >= 0.6 is 11.3 Å². The minimum absolute atomic E-state index is 0.788. The Morgan fingerprint density at radius 1 is 1.39 bits per heavy atom. The molecule has 18 heavy (non-hydrogen) atoms. The van der Waals surface area contributed by atoms with Crippen LogP contribution in [-0.4, -0.2) is 60.1 Å². The average molecular weight is 266 g/mol. The quantitative estimate of drug-likeness (QED) is 0.873. The predicted molar refractivity (Wildman–Crippen MR) is 75.0 cm³/mol. The molecule has 0 unspecified atom stereocenters. The summed E-state index contributed by atoms with van der Waals surface area (Å²) in [5.41, 5.74) is 1.26. The molecule has 1 N–H and O–H groups in total. The molecule has 0 spiro atoms. The molecule has 0 amide bonds. The Labute approximate surface area is 113 Å². The number of hydrogen-bond donors (Lipinski definition) is 1. The molecular weight excluding hydrogens is 244 g/mol. The van der Waals surface area contributed by atoms with Gasteiger partial charge in [0.05, 0.1) is 10.7 Å². The standard InChI is InChI=1S/C13H22N4S/c1-2-13-15-11(10-18-13)7-16-8-12(9-16)17-5-3-14-4-6-17/h10,12,14H,2-9H2,1H3. The maximum Gasteiger partial charge on any atom is 0.0926 e. The summed E-state index contributed by atoms with van der Waals surface area (Å²) >= 11 is 1.80. The van der Waals surface area contributed by atoms with Gasteiger partial charge in [-0.15, -0.1) is 11.3 Å². The van der Waals surface area contributed by atoms with Gasteiger partial charge in [-0.05, 0) is 6.42 Å².